The molecule has 0 aliphatic rings. The van der Waals surface area contributed by atoms with Crippen LogP contribution in [0.4, 0.5) is 23.1 Å². The number of nitrogen functional groups attached to an aromatic ring is 1. The fourth-order valence-corrected chi connectivity index (χ4v) is 1.84. The normalized spacial score (nSPS) is 10.2. The fraction of sp³-hybridized carbons (Fsp3) is 0.167. The summed E-state index contributed by atoms with van der Waals surface area (Å²) in [6.07, 6.45) is 0. The molecule has 2 aromatic rings. The zero-order chi connectivity index (χ0) is 14.7. The lowest BCUT2D eigenvalue weighted by Crippen LogP contribution is -2.18. The summed E-state index contributed by atoms with van der Waals surface area (Å²) in [5, 5.41) is 11.2. The first-order chi connectivity index (χ1) is 9.54. The summed E-state index contributed by atoms with van der Waals surface area (Å²) in [7, 11) is 1.70. The van der Waals surface area contributed by atoms with E-state index in [0.29, 0.717) is 0 Å². The van der Waals surface area contributed by atoms with Crippen molar-refractivity contribution in [3.63, 3.8) is 0 Å². The molecule has 0 aliphatic carbocycles. The lowest BCUT2D eigenvalue weighted by molar-refractivity contribution is -0.385. The van der Waals surface area contributed by atoms with Crippen molar-refractivity contribution in [1.82, 2.24) is 9.97 Å². The summed E-state index contributed by atoms with van der Waals surface area (Å²) in [6.45, 7) is 1.54. The van der Waals surface area contributed by atoms with Gasteiger partial charge in [-0.05, 0) is 19.1 Å². The highest BCUT2D eigenvalue weighted by Crippen LogP contribution is 2.32. The van der Waals surface area contributed by atoms with Gasteiger partial charge >= 0.3 is 5.69 Å². The zero-order valence-electron chi connectivity index (χ0n) is 11.1. The predicted octanol–water partition coefficient (Wildman–Crippen LogP) is 1.75. The van der Waals surface area contributed by atoms with Crippen LogP contribution in [0.3, 0.4) is 0 Å². The van der Waals surface area contributed by atoms with Crippen molar-refractivity contribution in [2.45, 2.75) is 6.92 Å². The fourth-order valence-electron chi connectivity index (χ4n) is 1.84. The Morgan fingerprint density at radius 2 is 1.95 bits per heavy atom. The summed E-state index contributed by atoms with van der Waals surface area (Å²) in [4.78, 5) is 20.4. The molecule has 0 radical (unpaired) electrons. The molecule has 1 aromatic carbocycles. The Morgan fingerprint density at radius 3 is 2.50 bits per heavy atom. The highest BCUT2D eigenvalue weighted by atomic mass is 16.6. The molecule has 0 fully saturated rings. The third kappa shape index (κ3) is 2.50. The lowest BCUT2D eigenvalue weighted by atomic mass is 10.2. The Bertz CT molecular complexity index is 631. The third-order valence-corrected chi connectivity index (χ3v) is 2.81. The molecule has 0 saturated carbocycles. The molecule has 1 aromatic heterocycles. The molecular formula is C12H14N6O2. The smallest absolute Gasteiger partial charge is 0.324 e. The van der Waals surface area contributed by atoms with Crippen molar-refractivity contribution in [2.24, 2.45) is 5.84 Å². The summed E-state index contributed by atoms with van der Waals surface area (Å²) in [5.74, 6) is 5.60. The zero-order valence-corrected chi connectivity index (χ0v) is 11.1. The number of nitrogens with two attached hydrogens (primary N) is 1. The summed E-state index contributed by atoms with van der Waals surface area (Å²) >= 11 is 0. The number of rotatable bonds is 4. The van der Waals surface area contributed by atoms with Crippen molar-refractivity contribution >= 4 is 23.1 Å². The van der Waals surface area contributed by atoms with Gasteiger partial charge in [-0.15, -0.1) is 0 Å². The van der Waals surface area contributed by atoms with E-state index in [-0.39, 0.29) is 23.1 Å². The van der Waals surface area contributed by atoms with Crippen molar-refractivity contribution < 1.29 is 4.92 Å². The van der Waals surface area contributed by atoms with E-state index in [1.165, 1.54) is 0 Å². The van der Waals surface area contributed by atoms with Crippen molar-refractivity contribution in [1.29, 1.82) is 0 Å². The molecule has 0 saturated heterocycles. The standard InChI is InChI=1S/C12H14N6O2/c1-8-10(18(19)20)11(15-12(14-8)16-13)17(2)9-6-4-3-5-7-9/h3-7H,13H2,1-2H3,(H,14,15,16). The first kappa shape index (κ1) is 13.7. The van der Waals surface area contributed by atoms with Crippen LogP contribution in [0.25, 0.3) is 0 Å². The SMILES string of the molecule is Cc1nc(NN)nc(N(C)c2ccccc2)c1[N+](=O)[O-]. The van der Waals surface area contributed by atoms with E-state index in [2.05, 4.69) is 15.4 Å². The number of aromatic nitrogens is 2. The van der Waals surface area contributed by atoms with Crippen LogP contribution in [0, 0.1) is 17.0 Å². The average Bonchev–Trinajstić information content (AvgIpc) is 2.46. The van der Waals surface area contributed by atoms with Crippen molar-refractivity contribution in [2.75, 3.05) is 17.4 Å². The molecule has 0 spiro atoms. The Balaban J connectivity index is 2.59. The van der Waals surface area contributed by atoms with Gasteiger partial charge in [0.1, 0.15) is 5.69 Å². The summed E-state index contributed by atoms with van der Waals surface area (Å²) in [6, 6.07) is 9.21. The summed E-state index contributed by atoms with van der Waals surface area (Å²) in [5.41, 5.74) is 3.19. The van der Waals surface area contributed by atoms with Crippen LogP contribution in [0.5, 0.6) is 0 Å². The Labute approximate surface area is 115 Å². The molecule has 1 heterocycles. The molecule has 3 N–H and O–H groups in total. The number of hydrazine groups is 1. The van der Waals surface area contributed by atoms with Gasteiger partial charge in [-0.3, -0.25) is 15.5 Å². The molecule has 0 aliphatic heterocycles. The van der Waals surface area contributed by atoms with Crippen LogP contribution in [0.15, 0.2) is 30.3 Å². The van der Waals surface area contributed by atoms with Gasteiger partial charge in [-0.1, -0.05) is 18.2 Å². The Hall–Kier alpha value is -2.74. The molecule has 2 rings (SSSR count). The first-order valence-electron chi connectivity index (χ1n) is 5.83. The van der Waals surface area contributed by atoms with Crippen molar-refractivity contribution in [3.05, 3.63) is 46.1 Å². The van der Waals surface area contributed by atoms with Crippen LogP contribution in [0.2, 0.25) is 0 Å². The van der Waals surface area contributed by atoms with Gasteiger partial charge in [-0.25, -0.2) is 10.8 Å². The molecule has 20 heavy (non-hydrogen) atoms. The minimum Gasteiger partial charge on any atom is -0.324 e. The number of nitrogens with one attached hydrogen (secondary N) is 1. The predicted molar refractivity (Wildman–Crippen MR) is 75.7 cm³/mol. The lowest BCUT2D eigenvalue weighted by Gasteiger charge is -2.19. The second kappa shape index (κ2) is 5.49. The molecule has 0 atom stereocenters. The van der Waals surface area contributed by atoms with E-state index in [1.54, 1.807) is 18.9 Å². The molecule has 8 nitrogen and oxygen atoms in total. The van der Waals surface area contributed by atoms with E-state index < -0.39 is 4.92 Å². The molecule has 104 valence electrons. The van der Waals surface area contributed by atoms with Crippen molar-refractivity contribution in [3.8, 4) is 0 Å². The first-order valence-corrected chi connectivity index (χ1v) is 5.83. The number of para-hydroxylation sites is 1. The quantitative estimate of drug-likeness (QED) is 0.496. The number of hydrogen-bond donors (Lipinski definition) is 2. The second-order valence-corrected chi connectivity index (χ2v) is 4.10. The number of nitrogens with zero attached hydrogens (tertiary/aromatic N) is 4. The molecular weight excluding hydrogens is 260 g/mol. The monoisotopic (exact) mass is 274 g/mol. The second-order valence-electron chi connectivity index (χ2n) is 4.10. The van der Waals surface area contributed by atoms with E-state index in [0.717, 1.165) is 5.69 Å². The highest BCUT2D eigenvalue weighted by molar-refractivity contribution is 5.70. The largest absolute Gasteiger partial charge is 0.333 e. The van der Waals surface area contributed by atoms with Crippen LogP contribution in [0.1, 0.15) is 5.69 Å². The van der Waals surface area contributed by atoms with Crippen LogP contribution in [-0.2, 0) is 0 Å². The number of nitro groups is 1. The van der Waals surface area contributed by atoms with Gasteiger partial charge in [0.2, 0.25) is 11.8 Å². The third-order valence-electron chi connectivity index (χ3n) is 2.81. The molecule has 0 amide bonds. The minimum absolute atomic E-state index is 0.130. The van der Waals surface area contributed by atoms with Crippen LogP contribution in [-0.4, -0.2) is 21.9 Å². The molecule has 8 heteroatoms. The molecule has 0 bridgehead atoms. The number of hydrogen-bond acceptors (Lipinski definition) is 7. The minimum atomic E-state index is -0.496. The number of benzene rings is 1. The van der Waals surface area contributed by atoms with E-state index in [1.807, 2.05) is 30.3 Å². The van der Waals surface area contributed by atoms with Gasteiger partial charge < -0.3 is 4.90 Å². The van der Waals surface area contributed by atoms with Crippen LogP contribution >= 0.6 is 0 Å². The van der Waals surface area contributed by atoms with E-state index >= 15 is 0 Å². The van der Waals surface area contributed by atoms with E-state index in [9.17, 15) is 10.1 Å². The van der Waals surface area contributed by atoms with Gasteiger partial charge in [-0.2, -0.15) is 4.98 Å². The van der Waals surface area contributed by atoms with Gasteiger partial charge in [0.05, 0.1) is 4.92 Å². The Morgan fingerprint density at radius 1 is 1.30 bits per heavy atom. The maximum Gasteiger partial charge on any atom is 0.333 e. The Kier molecular flexibility index (Phi) is 3.76. The van der Waals surface area contributed by atoms with Gasteiger partial charge in [0, 0.05) is 12.7 Å². The topological polar surface area (TPSA) is 110 Å². The maximum atomic E-state index is 11.2. The maximum absolute atomic E-state index is 11.2. The summed E-state index contributed by atoms with van der Waals surface area (Å²) < 4.78 is 0. The van der Waals surface area contributed by atoms with Gasteiger partial charge in [0.25, 0.3) is 0 Å². The average molecular weight is 274 g/mol. The number of anilines is 3. The number of aryl methyl sites for hydroxylation is 1. The highest BCUT2D eigenvalue weighted by Gasteiger charge is 2.25. The van der Waals surface area contributed by atoms with Gasteiger partial charge in [0.15, 0.2) is 0 Å². The molecule has 0 unspecified atom stereocenters. The van der Waals surface area contributed by atoms with E-state index in [4.69, 9.17) is 5.84 Å². The van der Waals surface area contributed by atoms with Crippen LogP contribution < -0.4 is 16.2 Å².